The molecule has 0 atom stereocenters. The number of hydrazone groups is 1. The first-order chi connectivity index (χ1) is 9.95. The Kier molecular flexibility index (Phi) is 3.87. The van der Waals surface area contributed by atoms with Crippen molar-refractivity contribution in [2.24, 2.45) is 19.2 Å². The molecule has 0 aliphatic rings. The van der Waals surface area contributed by atoms with Gasteiger partial charge in [0, 0.05) is 14.1 Å². The largest absolute Gasteiger partial charge is 0.462 e. The molecule has 0 radical (unpaired) electrons. The minimum atomic E-state index is -0.607. The molecule has 2 N–H and O–H groups in total. The van der Waals surface area contributed by atoms with Gasteiger partial charge in [0.25, 0.3) is 5.56 Å². The molecule has 2 aromatic heterocycles. The van der Waals surface area contributed by atoms with Gasteiger partial charge >= 0.3 is 11.7 Å². The molecule has 10 nitrogen and oxygen atoms in total. The van der Waals surface area contributed by atoms with Crippen LogP contribution in [-0.4, -0.2) is 37.9 Å². The highest BCUT2D eigenvalue weighted by Gasteiger charge is 2.12. The highest BCUT2D eigenvalue weighted by Crippen LogP contribution is 2.07. The second-order valence-electron chi connectivity index (χ2n) is 4.11. The maximum Gasteiger partial charge on any atom is 0.351 e. The molecule has 10 heteroatoms. The fraction of sp³-hybridized carbons (Fsp3) is 0.364. The molecule has 0 saturated carbocycles. The molecule has 2 heterocycles. The molecule has 2 rings (SSSR count). The minimum absolute atomic E-state index is 0.129. The van der Waals surface area contributed by atoms with Gasteiger partial charge < -0.3 is 9.72 Å². The SMILES string of the molecule is CCOC(=O)/C=N\Nc1nc2c([nH]1)c(=O)n(C)c(=O)n2C. The highest BCUT2D eigenvalue weighted by atomic mass is 16.5. The number of hydrogen-bond acceptors (Lipinski definition) is 7. The normalized spacial score (nSPS) is 11.2. The number of hydrogen-bond donors (Lipinski definition) is 2. The Hall–Kier alpha value is -2.91. The zero-order valence-electron chi connectivity index (χ0n) is 11.7. The molecular weight excluding hydrogens is 280 g/mol. The lowest BCUT2D eigenvalue weighted by Gasteiger charge is -2.00. The summed E-state index contributed by atoms with van der Waals surface area (Å²) in [5.41, 5.74) is 1.82. The first-order valence-electron chi connectivity index (χ1n) is 6.07. The third kappa shape index (κ3) is 2.68. The number of nitrogens with zero attached hydrogens (tertiary/aromatic N) is 4. The Morgan fingerprint density at radius 1 is 1.43 bits per heavy atom. The van der Waals surface area contributed by atoms with Gasteiger partial charge in [-0.15, -0.1) is 0 Å². The maximum atomic E-state index is 11.9. The van der Waals surface area contributed by atoms with Crippen LogP contribution in [0.3, 0.4) is 0 Å². The number of ether oxygens (including phenoxy) is 1. The molecule has 0 unspecified atom stereocenters. The number of aromatic nitrogens is 4. The molecule has 21 heavy (non-hydrogen) atoms. The van der Waals surface area contributed by atoms with Crippen molar-refractivity contribution < 1.29 is 9.53 Å². The van der Waals surface area contributed by atoms with Gasteiger partial charge in [-0.25, -0.2) is 15.0 Å². The van der Waals surface area contributed by atoms with E-state index in [1.165, 1.54) is 18.7 Å². The van der Waals surface area contributed by atoms with E-state index in [0.717, 1.165) is 10.8 Å². The third-order valence-corrected chi connectivity index (χ3v) is 2.72. The van der Waals surface area contributed by atoms with Crippen LogP contribution in [0.15, 0.2) is 14.7 Å². The molecule has 2 aromatic rings. The summed E-state index contributed by atoms with van der Waals surface area (Å²) in [7, 11) is 2.87. The average molecular weight is 294 g/mol. The van der Waals surface area contributed by atoms with Crippen LogP contribution in [0.1, 0.15) is 6.92 Å². The van der Waals surface area contributed by atoms with Crippen molar-refractivity contribution in [3.63, 3.8) is 0 Å². The van der Waals surface area contributed by atoms with E-state index >= 15 is 0 Å². The van der Waals surface area contributed by atoms with Gasteiger partial charge in [0.05, 0.1) is 6.61 Å². The van der Waals surface area contributed by atoms with Gasteiger partial charge in [0.2, 0.25) is 5.95 Å². The van der Waals surface area contributed by atoms with Gasteiger partial charge in [-0.3, -0.25) is 13.9 Å². The first kappa shape index (κ1) is 14.5. The maximum absolute atomic E-state index is 11.9. The Morgan fingerprint density at radius 3 is 2.81 bits per heavy atom. The molecule has 112 valence electrons. The molecule has 0 aliphatic carbocycles. The predicted octanol–water partition coefficient (Wildman–Crippen LogP) is -1.08. The number of esters is 1. The molecule has 0 fully saturated rings. The number of aryl methyl sites for hydroxylation is 1. The molecule has 0 bridgehead atoms. The second-order valence-corrected chi connectivity index (χ2v) is 4.11. The van der Waals surface area contributed by atoms with E-state index in [1.807, 2.05) is 0 Å². The lowest BCUT2D eigenvalue weighted by molar-refractivity contribution is -0.134. The molecule has 0 aromatic carbocycles. The summed E-state index contributed by atoms with van der Waals surface area (Å²) in [4.78, 5) is 41.5. The van der Waals surface area contributed by atoms with Gasteiger partial charge in [-0.2, -0.15) is 10.1 Å². The quantitative estimate of drug-likeness (QED) is 0.420. The van der Waals surface area contributed by atoms with Crippen molar-refractivity contribution in [2.45, 2.75) is 6.92 Å². The van der Waals surface area contributed by atoms with E-state index in [4.69, 9.17) is 0 Å². The number of nitrogens with one attached hydrogen (secondary N) is 2. The topological polar surface area (TPSA) is 123 Å². The Morgan fingerprint density at radius 2 is 2.14 bits per heavy atom. The zero-order chi connectivity index (χ0) is 15.6. The second kappa shape index (κ2) is 5.61. The molecular formula is C11H14N6O4. The van der Waals surface area contributed by atoms with Crippen molar-refractivity contribution in [3.8, 4) is 0 Å². The summed E-state index contributed by atoms with van der Waals surface area (Å²) in [6, 6.07) is 0. The Balaban J connectivity index is 2.34. The van der Waals surface area contributed by atoms with Gasteiger partial charge in [0.1, 0.15) is 6.21 Å². The number of anilines is 1. The van der Waals surface area contributed by atoms with E-state index in [-0.39, 0.29) is 23.7 Å². The molecule has 0 aliphatic heterocycles. The molecule has 0 spiro atoms. The van der Waals surface area contributed by atoms with Crippen molar-refractivity contribution in [1.82, 2.24) is 19.1 Å². The van der Waals surface area contributed by atoms with E-state index in [9.17, 15) is 14.4 Å². The van der Waals surface area contributed by atoms with Crippen LogP contribution in [0.2, 0.25) is 0 Å². The van der Waals surface area contributed by atoms with Crippen LogP contribution in [-0.2, 0) is 23.6 Å². The van der Waals surface area contributed by atoms with Gasteiger partial charge in [-0.05, 0) is 6.92 Å². The lowest BCUT2D eigenvalue weighted by Crippen LogP contribution is -2.36. The van der Waals surface area contributed by atoms with E-state index in [2.05, 4.69) is 25.2 Å². The Labute approximate surface area is 118 Å². The van der Waals surface area contributed by atoms with Crippen molar-refractivity contribution >= 4 is 29.3 Å². The first-order valence-corrected chi connectivity index (χ1v) is 6.07. The number of aromatic amines is 1. The number of imidazole rings is 1. The summed E-state index contributed by atoms with van der Waals surface area (Å²) >= 11 is 0. The Bertz CT molecular complexity index is 828. The number of H-pyrrole nitrogens is 1. The number of carbonyl (C=O) groups excluding carboxylic acids is 1. The number of fused-ring (bicyclic) bond motifs is 1. The predicted molar refractivity (Wildman–Crippen MR) is 75.3 cm³/mol. The summed E-state index contributed by atoms with van der Waals surface area (Å²) in [6.45, 7) is 1.92. The summed E-state index contributed by atoms with van der Waals surface area (Å²) in [6.07, 6.45) is 0.938. The van der Waals surface area contributed by atoms with Crippen LogP contribution in [0, 0.1) is 0 Å². The van der Waals surface area contributed by atoms with Crippen molar-refractivity contribution in [2.75, 3.05) is 12.0 Å². The van der Waals surface area contributed by atoms with Crippen LogP contribution < -0.4 is 16.7 Å². The molecule has 0 saturated heterocycles. The average Bonchev–Trinajstić information content (AvgIpc) is 2.87. The summed E-state index contributed by atoms with van der Waals surface area (Å²) in [5.74, 6) is -0.478. The van der Waals surface area contributed by atoms with Crippen LogP contribution in [0.5, 0.6) is 0 Å². The van der Waals surface area contributed by atoms with Crippen molar-refractivity contribution in [3.05, 3.63) is 20.8 Å². The number of rotatable bonds is 4. The fourth-order valence-corrected chi connectivity index (χ4v) is 1.70. The number of carbonyl (C=O) groups is 1. The monoisotopic (exact) mass is 294 g/mol. The lowest BCUT2D eigenvalue weighted by atomic mass is 10.5. The van der Waals surface area contributed by atoms with Crippen molar-refractivity contribution in [1.29, 1.82) is 0 Å². The third-order valence-electron chi connectivity index (χ3n) is 2.72. The summed E-state index contributed by atoms with van der Waals surface area (Å²) in [5, 5.41) is 3.62. The highest BCUT2D eigenvalue weighted by molar-refractivity contribution is 6.23. The van der Waals surface area contributed by atoms with Crippen LogP contribution in [0.25, 0.3) is 11.2 Å². The van der Waals surface area contributed by atoms with E-state index in [0.29, 0.717) is 0 Å². The minimum Gasteiger partial charge on any atom is -0.462 e. The van der Waals surface area contributed by atoms with Crippen LogP contribution in [0.4, 0.5) is 5.95 Å². The fourth-order valence-electron chi connectivity index (χ4n) is 1.70. The van der Waals surface area contributed by atoms with E-state index < -0.39 is 17.2 Å². The van der Waals surface area contributed by atoms with Crippen LogP contribution >= 0.6 is 0 Å². The van der Waals surface area contributed by atoms with Gasteiger partial charge in [0.15, 0.2) is 11.2 Å². The smallest absolute Gasteiger partial charge is 0.351 e. The standard InChI is InChI=1S/C11H14N6O4/c1-4-21-6(18)5-12-15-10-13-7-8(14-10)16(2)11(20)17(3)9(7)19/h5H,4H2,1-3H3,(H2,13,14,15)/b12-5-. The summed E-state index contributed by atoms with van der Waals surface area (Å²) < 4.78 is 6.84. The van der Waals surface area contributed by atoms with E-state index in [1.54, 1.807) is 6.92 Å². The van der Waals surface area contributed by atoms with Gasteiger partial charge in [-0.1, -0.05) is 0 Å². The zero-order valence-corrected chi connectivity index (χ0v) is 11.7. The molecule has 0 amide bonds.